The van der Waals surface area contributed by atoms with Crippen LogP contribution < -0.4 is 11.5 Å². The number of carbonyl (C=O) groups excluding carboxylic acids is 5. The van der Waals surface area contributed by atoms with E-state index in [9.17, 15) is 28.8 Å². The Morgan fingerprint density at radius 3 is 1.42 bits per heavy atom. The maximum absolute atomic E-state index is 11.7. The van der Waals surface area contributed by atoms with Gasteiger partial charge < -0.3 is 35.9 Å². The van der Waals surface area contributed by atoms with Crippen LogP contribution in [0.25, 0.3) is 0 Å². The summed E-state index contributed by atoms with van der Waals surface area (Å²) in [6.45, 7) is 2.26. The monoisotopic (exact) mass is 628 g/mol. The van der Waals surface area contributed by atoms with E-state index in [0.29, 0.717) is 12.8 Å². The molecular formula is C32H40N2O11. The molecule has 45 heavy (non-hydrogen) atoms. The fraction of sp³-hybridized carbons (Fsp3) is 0.312. The number of carboxylic acid groups (broad SMARTS) is 1. The molecule has 0 amide bonds. The molecule has 0 saturated heterocycles. The molecule has 0 bridgehead atoms. The van der Waals surface area contributed by atoms with E-state index in [1.165, 1.54) is 13.8 Å². The molecule has 6 N–H and O–H groups in total. The van der Waals surface area contributed by atoms with Gasteiger partial charge in [0.2, 0.25) is 0 Å². The molecular weight excluding hydrogens is 588 g/mol. The third kappa shape index (κ3) is 23.2. The molecule has 0 aliphatic carbocycles. The van der Waals surface area contributed by atoms with E-state index in [0.717, 1.165) is 35.4 Å². The Hall–Kier alpha value is -4.98. The van der Waals surface area contributed by atoms with Crippen LogP contribution in [-0.2, 0) is 55.8 Å². The highest BCUT2D eigenvalue weighted by molar-refractivity contribution is 5.94. The van der Waals surface area contributed by atoms with Crippen molar-refractivity contribution in [3.05, 3.63) is 96.1 Å². The highest BCUT2D eigenvalue weighted by Crippen LogP contribution is 2.04. The standard InChI is InChI=1S/C16H19NO5.C11H15NO3.C5H6O3/c1-12(18)7-8-15(19)21-9-10-22-16(20)14(17)11-13-5-3-2-4-6-13;12-10(11(14)15-7-6-13)8-9-4-2-1-3-5-9;1-4(6)2-3-5(7)8/h2-8,14H,9-11,17H2,1H3;1-5,10,13H,6-8,12H2;2-3H,1H3,(H,7,8)/b8-7+;;3-2+/t14-;10-;/m00./s1. The lowest BCUT2D eigenvalue weighted by Gasteiger charge is -2.11. The topological polar surface area (TPSA) is 223 Å². The van der Waals surface area contributed by atoms with E-state index in [1.807, 2.05) is 60.7 Å². The number of aliphatic hydroxyl groups is 1. The Bertz CT molecular complexity index is 1250. The van der Waals surface area contributed by atoms with Gasteiger partial charge in [0.05, 0.1) is 6.61 Å². The van der Waals surface area contributed by atoms with Crippen molar-refractivity contribution in [3.63, 3.8) is 0 Å². The highest BCUT2D eigenvalue weighted by atomic mass is 16.6. The number of aliphatic carboxylic acids is 1. The van der Waals surface area contributed by atoms with Crippen molar-refractivity contribution in [1.29, 1.82) is 0 Å². The van der Waals surface area contributed by atoms with Crippen molar-refractivity contribution in [2.24, 2.45) is 11.5 Å². The van der Waals surface area contributed by atoms with Crippen LogP contribution in [0.3, 0.4) is 0 Å². The number of esters is 3. The third-order valence-electron chi connectivity index (χ3n) is 5.02. The summed E-state index contributed by atoms with van der Waals surface area (Å²) >= 11 is 0. The highest BCUT2D eigenvalue weighted by Gasteiger charge is 2.16. The van der Waals surface area contributed by atoms with Crippen molar-refractivity contribution < 1.29 is 53.2 Å². The van der Waals surface area contributed by atoms with Gasteiger partial charge in [-0.3, -0.25) is 19.2 Å². The van der Waals surface area contributed by atoms with Crippen molar-refractivity contribution >= 4 is 35.4 Å². The molecule has 2 aromatic carbocycles. The van der Waals surface area contributed by atoms with E-state index >= 15 is 0 Å². The zero-order chi connectivity index (χ0) is 34.0. The van der Waals surface area contributed by atoms with Crippen LogP contribution in [0.15, 0.2) is 85.0 Å². The Labute approximate surface area is 261 Å². The van der Waals surface area contributed by atoms with Crippen molar-refractivity contribution in [3.8, 4) is 0 Å². The van der Waals surface area contributed by atoms with E-state index in [2.05, 4.69) is 0 Å². The number of hydrogen-bond acceptors (Lipinski definition) is 12. The summed E-state index contributed by atoms with van der Waals surface area (Å²) in [7, 11) is 0. The fourth-order valence-corrected chi connectivity index (χ4v) is 2.97. The van der Waals surface area contributed by atoms with Gasteiger partial charge in [-0.2, -0.15) is 0 Å². The first-order valence-electron chi connectivity index (χ1n) is 13.7. The van der Waals surface area contributed by atoms with Gasteiger partial charge in [0, 0.05) is 12.2 Å². The molecule has 244 valence electrons. The molecule has 0 aliphatic rings. The summed E-state index contributed by atoms with van der Waals surface area (Å²) in [5, 5.41) is 16.4. The second kappa shape index (κ2) is 24.5. The van der Waals surface area contributed by atoms with Crippen LogP contribution in [0.4, 0.5) is 0 Å². The fourth-order valence-electron chi connectivity index (χ4n) is 2.97. The average Bonchev–Trinajstić information content (AvgIpc) is 3.01. The molecule has 0 heterocycles. The van der Waals surface area contributed by atoms with Gasteiger partial charge in [-0.1, -0.05) is 60.7 Å². The van der Waals surface area contributed by atoms with Crippen LogP contribution in [0.5, 0.6) is 0 Å². The number of nitrogens with two attached hydrogens (primary N) is 2. The number of rotatable bonds is 15. The molecule has 2 atom stereocenters. The molecule has 0 saturated carbocycles. The number of carboxylic acids is 1. The van der Waals surface area contributed by atoms with Crippen LogP contribution in [0, 0.1) is 0 Å². The van der Waals surface area contributed by atoms with Crippen LogP contribution >= 0.6 is 0 Å². The number of aliphatic hydroxyl groups excluding tert-OH is 1. The minimum absolute atomic E-state index is 0.00131. The summed E-state index contributed by atoms with van der Waals surface area (Å²) in [5.41, 5.74) is 13.3. The van der Waals surface area contributed by atoms with Gasteiger partial charge >= 0.3 is 23.9 Å². The summed E-state index contributed by atoms with van der Waals surface area (Å²) in [6.07, 6.45) is 4.76. The molecule has 13 nitrogen and oxygen atoms in total. The summed E-state index contributed by atoms with van der Waals surface area (Å²) in [6, 6.07) is 17.4. The Kier molecular flexibility index (Phi) is 21.8. The molecule has 0 aromatic heterocycles. The molecule has 0 radical (unpaired) electrons. The second-order valence-electron chi connectivity index (χ2n) is 9.04. The zero-order valence-electron chi connectivity index (χ0n) is 25.2. The predicted octanol–water partition coefficient (Wildman–Crippen LogP) is 1.10. The van der Waals surface area contributed by atoms with Crippen molar-refractivity contribution in [2.75, 3.05) is 26.4 Å². The molecule has 0 unspecified atom stereocenters. The average molecular weight is 629 g/mol. The van der Waals surface area contributed by atoms with Gasteiger partial charge in [-0.15, -0.1) is 0 Å². The zero-order valence-corrected chi connectivity index (χ0v) is 25.2. The van der Waals surface area contributed by atoms with E-state index in [1.54, 1.807) is 0 Å². The van der Waals surface area contributed by atoms with Crippen molar-refractivity contribution in [2.45, 2.75) is 38.8 Å². The lowest BCUT2D eigenvalue weighted by molar-refractivity contribution is -0.150. The minimum atomic E-state index is -1.10. The number of hydrogen-bond donors (Lipinski definition) is 4. The maximum Gasteiger partial charge on any atom is 0.330 e. The normalized spacial score (nSPS) is 11.6. The van der Waals surface area contributed by atoms with Gasteiger partial charge in [-0.25, -0.2) is 9.59 Å². The number of benzene rings is 2. The minimum Gasteiger partial charge on any atom is -0.478 e. The number of ether oxygens (including phenoxy) is 3. The van der Waals surface area contributed by atoms with Gasteiger partial charge in [-0.05, 0) is 50.0 Å². The first kappa shape index (κ1) is 40.0. The molecule has 0 aliphatic heterocycles. The van der Waals surface area contributed by atoms with Gasteiger partial charge in [0.15, 0.2) is 11.6 Å². The molecule has 13 heteroatoms. The van der Waals surface area contributed by atoms with Crippen LogP contribution in [0.2, 0.25) is 0 Å². The van der Waals surface area contributed by atoms with Gasteiger partial charge in [0.1, 0.15) is 31.9 Å². The SMILES string of the molecule is CC(=O)/C=C/C(=O)O.CC(=O)/C=C/C(=O)OCCOC(=O)[C@@H](N)Cc1ccccc1.N[C@@H](Cc1ccccc1)C(=O)OCCO. The first-order chi connectivity index (χ1) is 21.3. The quantitative estimate of drug-likeness (QED) is 0.0940. The number of carbonyl (C=O) groups is 6. The molecule has 0 fully saturated rings. The summed E-state index contributed by atoms with van der Waals surface area (Å²) in [5.74, 6) is -3.31. The molecule has 2 rings (SSSR count). The van der Waals surface area contributed by atoms with E-state index in [-0.39, 0.29) is 38.0 Å². The van der Waals surface area contributed by atoms with E-state index < -0.39 is 36.0 Å². The Morgan fingerprint density at radius 1 is 0.644 bits per heavy atom. The van der Waals surface area contributed by atoms with Crippen molar-refractivity contribution in [1.82, 2.24) is 0 Å². The molecule has 0 spiro atoms. The lowest BCUT2D eigenvalue weighted by atomic mass is 10.1. The second-order valence-corrected chi connectivity index (χ2v) is 9.04. The number of allylic oxidation sites excluding steroid dienone is 2. The largest absolute Gasteiger partial charge is 0.478 e. The Balaban J connectivity index is 0.000000724. The van der Waals surface area contributed by atoms with Crippen LogP contribution in [-0.4, -0.2) is 84.2 Å². The Morgan fingerprint density at radius 2 is 1.04 bits per heavy atom. The first-order valence-corrected chi connectivity index (χ1v) is 13.7. The third-order valence-corrected chi connectivity index (χ3v) is 5.02. The van der Waals surface area contributed by atoms with Gasteiger partial charge in [0.25, 0.3) is 0 Å². The summed E-state index contributed by atoms with van der Waals surface area (Å²) < 4.78 is 14.4. The predicted molar refractivity (Wildman–Crippen MR) is 163 cm³/mol. The number of ketones is 2. The van der Waals surface area contributed by atoms with Crippen LogP contribution in [0.1, 0.15) is 25.0 Å². The lowest BCUT2D eigenvalue weighted by Crippen LogP contribution is -2.35. The summed E-state index contributed by atoms with van der Waals surface area (Å²) in [4.78, 5) is 64.3. The molecule has 2 aromatic rings. The maximum atomic E-state index is 11.7. The smallest absolute Gasteiger partial charge is 0.330 e. The van der Waals surface area contributed by atoms with E-state index in [4.69, 9.17) is 35.9 Å².